The Morgan fingerprint density at radius 3 is 1.44 bits per heavy atom. The molecule has 0 aliphatic carbocycles. The number of rotatable bonds is 16. The molecule has 0 unspecified atom stereocenters. The van der Waals surface area contributed by atoms with Crippen LogP contribution in [-0.4, -0.2) is 65.2 Å². The van der Waals surface area contributed by atoms with Crippen LogP contribution < -0.4 is 18.9 Å². The predicted molar refractivity (Wildman–Crippen MR) is 173 cm³/mol. The van der Waals surface area contributed by atoms with Crippen LogP contribution in [0.2, 0.25) is 0 Å². The molecule has 45 heavy (non-hydrogen) atoms. The van der Waals surface area contributed by atoms with Gasteiger partial charge in [0, 0.05) is 40.8 Å². The fourth-order valence-corrected chi connectivity index (χ4v) is 6.71. The van der Waals surface area contributed by atoms with Crippen molar-refractivity contribution in [1.82, 2.24) is 0 Å². The third-order valence-corrected chi connectivity index (χ3v) is 9.43. The Hall–Kier alpha value is -4.16. The van der Waals surface area contributed by atoms with Crippen LogP contribution in [0.3, 0.4) is 0 Å². The number of fused-ring (bicyclic) bond motifs is 2. The molecule has 4 rings (SSSR count). The monoisotopic (exact) mass is 656 g/mol. The lowest BCUT2D eigenvalue weighted by Crippen LogP contribution is -2.16. The maximum absolute atomic E-state index is 12.8. The van der Waals surface area contributed by atoms with Crippen molar-refractivity contribution in [2.75, 3.05) is 41.7 Å². The minimum absolute atomic E-state index is 0.0692. The third-order valence-electron chi connectivity index (χ3n) is 7.15. The molecule has 12 heteroatoms. The molecule has 240 valence electrons. The van der Waals surface area contributed by atoms with Gasteiger partial charge in [0.25, 0.3) is 0 Å². The van der Waals surface area contributed by atoms with Crippen molar-refractivity contribution >= 4 is 66.4 Å². The van der Waals surface area contributed by atoms with Crippen molar-refractivity contribution in [3.05, 3.63) is 46.2 Å². The van der Waals surface area contributed by atoms with E-state index in [1.165, 1.54) is 36.9 Å². The third kappa shape index (κ3) is 8.12. The van der Waals surface area contributed by atoms with Gasteiger partial charge < -0.3 is 28.4 Å². The Morgan fingerprint density at radius 2 is 1.00 bits per heavy atom. The molecular formula is C33H36O10S2. The van der Waals surface area contributed by atoms with Gasteiger partial charge in [-0.1, -0.05) is 13.8 Å². The van der Waals surface area contributed by atoms with E-state index in [4.69, 9.17) is 28.4 Å². The number of esters is 2. The lowest BCUT2D eigenvalue weighted by Gasteiger charge is -2.13. The fraction of sp³-hybridized carbons (Fsp3) is 0.394. The Morgan fingerprint density at radius 1 is 0.600 bits per heavy atom. The van der Waals surface area contributed by atoms with Crippen molar-refractivity contribution in [2.24, 2.45) is 11.8 Å². The number of benzene rings is 2. The highest BCUT2D eigenvalue weighted by atomic mass is 32.1. The van der Waals surface area contributed by atoms with E-state index < -0.39 is 23.8 Å². The molecule has 10 nitrogen and oxygen atoms in total. The van der Waals surface area contributed by atoms with Crippen molar-refractivity contribution in [1.29, 1.82) is 0 Å². The highest BCUT2D eigenvalue weighted by Gasteiger charge is 2.22. The predicted octanol–water partition coefficient (Wildman–Crippen LogP) is 6.74. The molecule has 0 fully saturated rings. The summed E-state index contributed by atoms with van der Waals surface area (Å²) in [6.45, 7) is 4.02. The van der Waals surface area contributed by atoms with Gasteiger partial charge in [0.15, 0.2) is 34.6 Å². The molecule has 0 amide bonds. The van der Waals surface area contributed by atoms with E-state index in [0.717, 1.165) is 20.2 Å². The molecule has 0 spiro atoms. The van der Waals surface area contributed by atoms with Crippen LogP contribution in [0, 0.1) is 11.8 Å². The molecule has 0 saturated heterocycles. The van der Waals surface area contributed by atoms with E-state index >= 15 is 0 Å². The second-order valence-electron chi connectivity index (χ2n) is 10.5. The lowest BCUT2D eigenvalue weighted by atomic mass is 10.0. The van der Waals surface area contributed by atoms with E-state index in [2.05, 4.69) is 0 Å². The molecule has 2 heterocycles. The fourth-order valence-electron chi connectivity index (χ4n) is 4.66. The summed E-state index contributed by atoms with van der Waals surface area (Å²) in [5.74, 6) is 0.0462. The Bertz CT molecular complexity index is 1580. The van der Waals surface area contributed by atoms with Crippen LogP contribution in [-0.2, 0) is 19.1 Å². The summed E-state index contributed by atoms with van der Waals surface area (Å²) in [7, 11) is 5.73. The molecule has 0 N–H and O–H groups in total. The van der Waals surface area contributed by atoms with Gasteiger partial charge in [0.2, 0.25) is 0 Å². The van der Waals surface area contributed by atoms with Gasteiger partial charge in [-0.25, -0.2) is 0 Å². The van der Waals surface area contributed by atoms with E-state index in [0.29, 0.717) is 52.4 Å². The van der Waals surface area contributed by atoms with Crippen LogP contribution >= 0.6 is 22.7 Å². The molecule has 0 bridgehead atoms. The normalized spacial score (nSPS) is 12.4. The van der Waals surface area contributed by atoms with Crippen molar-refractivity contribution in [2.45, 2.75) is 33.1 Å². The van der Waals surface area contributed by atoms with E-state index in [1.54, 1.807) is 40.2 Å². The summed E-state index contributed by atoms with van der Waals surface area (Å²) in [6.07, 6.45) is 0.695. The van der Waals surface area contributed by atoms with E-state index in [1.807, 2.05) is 24.3 Å². The first-order chi connectivity index (χ1) is 21.6. The zero-order chi connectivity index (χ0) is 32.7. The lowest BCUT2D eigenvalue weighted by molar-refractivity contribution is -0.145. The van der Waals surface area contributed by atoms with Gasteiger partial charge >= 0.3 is 11.9 Å². The van der Waals surface area contributed by atoms with E-state index in [9.17, 15) is 19.2 Å². The number of hydrogen-bond donors (Lipinski definition) is 0. The summed E-state index contributed by atoms with van der Waals surface area (Å²) in [6, 6.07) is 10.9. The first-order valence-corrected chi connectivity index (χ1v) is 15.9. The van der Waals surface area contributed by atoms with Crippen molar-refractivity contribution in [3.8, 4) is 23.0 Å². The SMILES string of the molecule is COC(=O)[C@@H](C)CC(=O)c1cc2cc(OCCCOc3cc4sc(C(=O)C[C@H](C)C(=O)OC)cc4cc3OC)c(OC)cc2s1. The smallest absolute Gasteiger partial charge is 0.308 e. The second-order valence-corrected chi connectivity index (χ2v) is 12.6. The summed E-state index contributed by atoms with van der Waals surface area (Å²) in [5.41, 5.74) is 0. The molecule has 2 atom stereocenters. The molecule has 0 radical (unpaired) electrons. The summed E-state index contributed by atoms with van der Waals surface area (Å²) in [5, 5.41) is 1.69. The van der Waals surface area contributed by atoms with Gasteiger partial charge in [-0.3, -0.25) is 19.2 Å². The number of ether oxygens (including phenoxy) is 6. The van der Waals surface area contributed by atoms with Crippen LogP contribution in [0.25, 0.3) is 20.2 Å². The minimum atomic E-state index is -0.523. The average Bonchev–Trinajstić information content (AvgIpc) is 3.66. The minimum Gasteiger partial charge on any atom is -0.493 e. The van der Waals surface area contributed by atoms with Crippen molar-refractivity contribution < 1.29 is 47.6 Å². The number of carbonyl (C=O) groups is 4. The van der Waals surface area contributed by atoms with Crippen LogP contribution in [0.1, 0.15) is 52.5 Å². The topological polar surface area (TPSA) is 124 Å². The summed E-state index contributed by atoms with van der Waals surface area (Å²) >= 11 is 2.68. The van der Waals surface area contributed by atoms with Crippen LogP contribution in [0.5, 0.6) is 23.0 Å². The second kappa shape index (κ2) is 15.2. The van der Waals surface area contributed by atoms with Crippen LogP contribution in [0.15, 0.2) is 36.4 Å². The number of hydrogen-bond acceptors (Lipinski definition) is 12. The van der Waals surface area contributed by atoms with Crippen LogP contribution in [0.4, 0.5) is 0 Å². The molecular weight excluding hydrogens is 620 g/mol. The molecule has 0 aliphatic rings. The first kappa shape index (κ1) is 33.7. The number of ketones is 2. The quantitative estimate of drug-likeness (QED) is 0.0727. The van der Waals surface area contributed by atoms with Gasteiger partial charge in [-0.15, -0.1) is 22.7 Å². The van der Waals surface area contributed by atoms with Gasteiger partial charge in [-0.2, -0.15) is 0 Å². The van der Waals surface area contributed by atoms with Crippen molar-refractivity contribution in [3.63, 3.8) is 0 Å². The standard InChI is InChI=1S/C33H36O10S2/c1-18(32(36)40-5)10-22(34)30-14-20-12-24(38-3)27(17-29(20)45-30)43-9-7-8-42-26-13-21-15-31(44-28(21)16-25(26)39-4)23(35)11-19(2)33(37)41-6/h12-19H,7-11H2,1-6H3/t18-,19-/m0/s1. The molecule has 2 aromatic heterocycles. The summed E-state index contributed by atoms with van der Waals surface area (Å²) < 4.78 is 34.3. The van der Waals surface area contributed by atoms with Gasteiger partial charge in [0.05, 0.1) is 63.2 Å². The molecule has 0 saturated carbocycles. The Kier molecular flexibility index (Phi) is 11.4. The maximum Gasteiger partial charge on any atom is 0.308 e. The molecule has 0 aliphatic heterocycles. The maximum atomic E-state index is 12.8. The number of carbonyl (C=O) groups excluding carboxylic acids is 4. The number of Topliss-reactive ketones (excluding diaryl/α,β-unsaturated/α-hetero) is 2. The average molecular weight is 657 g/mol. The highest BCUT2D eigenvalue weighted by molar-refractivity contribution is 7.21. The molecule has 2 aromatic carbocycles. The Balaban J connectivity index is 1.37. The van der Waals surface area contributed by atoms with Gasteiger partial charge in [-0.05, 0) is 35.0 Å². The first-order valence-electron chi connectivity index (χ1n) is 14.3. The Labute approximate surface area is 269 Å². The number of methoxy groups -OCH3 is 4. The molecule has 4 aromatic rings. The van der Waals surface area contributed by atoms with Gasteiger partial charge in [0.1, 0.15) is 0 Å². The number of thiophene rings is 2. The van der Waals surface area contributed by atoms with E-state index in [-0.39, 0.29) is 24.4 Å². The zero-order valence-corrected chi connectivity index (χ0v) is 27.7. The largest absolute Gasteiger partial charge is 0.493 e. The zero-order valence-electron chi connectivity index (χ0n) is 26.1. The highest BCUT2D eigenvalue weighted by Crippen LogP contribution is 2.39. The summed E-state index contributed by atoms with van der Waals surface area (Å²) in [4.78, 5) is 50.1.